The molecule has 0 N–H and O–H groups in total. The highest BCUT2D eigenvalue weighted by molar-refractivity contribution is 7.13. The zero-order valence-electron chi connectivity index (χ0n) is 6.46. The first-order valence-electron chi connectivity index (χ1n) is 3.51. The van der Waals surface area contributed by atoms with Crippen LogP contribution in [0.25, 0.3) is 0 Å². The van der Waals surface area contributed by atoms with Crippen molar-refractivity contribution in [1.82, 2.24) is 4.98 Å². The van der Waals surface area contributed by atoms with Crippen molar-refractivity contribution < 1.29 is 4.39 Å². The summed E-state index contributed by atoms with van der Waals surface area (Å²) in [7, 11) is 1.93. The van der Waals surface area contributed by atoms with E-state index in [1.165, 1.54) is 0 Å². The van der Waals surface area contributed by atoms with Crippen molar-refractivity contribution in [3.63, 3.8) is 0 Å². The largest absolute Gasteiger partial charge is 0.351 e. The molecule has 0 radical (unpaired) electrons. The van der Waals surface area contributed by atoms with Gasteiger partial charge in [-0.05, 0) is 6.42 Å². The number of hydrogen-bond donors (Lipinski definition) is 0. The van der Waals surface area contributed by atoms with E-state index >= 15 is 0 Å². The first-order valence-corrected chi connectivity index (χ1v) is 4.39. The summed E-state index contributed by atoms with van der Waals surface area (Å²) >= 11 is 1.57. The highest BCUT2D eigenvalue weighted by atomic mass is 32.1. The number of aromatic nitrogens is 1. The van der Waals surface area contributed by atoms with Crippen LogP contribution in [0.4, 0.5) is 9.52 Å². The standard InChI is InChI=1S/C7H11FN2S/c1-10(5-2-3-8)7-9-4-6-11-7/h4,6H,2-3,5H2,1H3. The molecule has 0 aliphatic rings. The van der Waals surface area contributed by atoms with E-state index in [0.717, 1.165) is 11.7 Å². The maximum absolute atomic E-state index is 11.8. The van der Waals surface area contributed by atoms with Gasteiger partial charge in [-0.2, -0.15) is 0 Å². The summed E-state index contributed by atoms with van der Waals surface area (Å²) in [6, 6.07) is 0. The Balaban J connectivity index is 2.36. The lowest BCUT2D eigenvalue weighted by atomic mass is 10.4. The van der Waals surface area contributed by atoms with Crippen LogP contribution in [0.5, 0.6) is 0 Å². The van der Waals surface area contributed by atoms with Crippen LogP contribution in [0.15, 0.2) is 11.6 Å². The number of rotatable bonds is 4. The Kier molecular flexibility index (Phi) is 3.29. The summed E-state index contributed by atoms with van der Waals surface area (Å²) in [5, 5.41) is 2.87. The average Bonchev–Trinajstić information content (AvgIpc) is 2.52. The van der Waals surface area contributed by atoms with Crippen molar-refractivity contribution >= 4 is 16.5 Å². The van der Waals surface area contributed by atoms with Crippen molar-refractivity contribution in [3.05, 3.63) is 11.6 Å². The van der Waals surface area contributed by atoms with Crippen LogP contribution in [0.1, 0.15) is 6.42 Å². The Morgan fingerprint density at radius 1 is 1.73 bits per heavy atom. The van der Waals surface area contributed by atoms with Gasteiger partial charge in [0.2, 0.25) is 0 Å². The first-order chi connectivity index (χ1) is 5.34. The van der Waals surface area contributed by atoms with E-state index in [1.54, 1.807) is 17.5 Å². The maximum atomic E-state index is 11.8. The summed E-state index contributed by atoms with van der Waals surface area (Å²) in [5.74, 6) is 0. The van der Waals surface area contributed by atoms with Crippen molar-refractivity contribution in [2.75, 3.05) is 25.2 Å². The van der Waals surface area contributed by atoms with Crippen LogP contribution in [0.3, 0.4) is 0 Å². The fourth-order valence-electron chi connectivity index (χ4n) is 0.797. The molecule has 0 bridgehead atoms. The molecule has 1 heterocycles. The molecule has 11 heavy (non-hydrogen) atoms. The molecule has 0 saturated heterocycles. The Hall–Kier alpha value is -0.640. The molecule has 0 unspecified atom stereocenters. The summed E-state index contributed by atoms with van der Waals surface area (Å²) in [6.45, 7) is 0.486. The summed E-state index contributed by atoms with van der Waals surface area (Å²) in [6.07, 6.45) is 2.34. The lowest BCUT2D eigenvalue weighted by Crippen LogP contribution is -2.18. The zero-order chi connectivity index (χ0) is 8.10. The Morgan fingerprint density at radius 2 is 2.55 bits per heavy atom. The number of nitrogens with zero attached hydrogens (tertiary/aromatic N) is 2. The molecule has 1 aromatic rings. The minimum atomic E-state index is -0.254. The lowest BCUT2D eigenvalue weighted by Gasteiger charge is -2.13. The van der Waals surface area contributed by atoms with E-state index in [0.29, 0.717) is 6.42 Å². The number of alkyl halides is 1. The molecule has 1 aromatic heterocycles. The molecular weight excluding hydrogens is 163 g/mol. The van der Waals surface area contributed by atoms with E-state index < -0.39 is 0 Å². The quantitative estimate of drug-likeness (QED) is 0.693. The molecule has 1 rings (SSSR count). The maximum Gasteiger partial charge on any atom is 0.184 e. The molecule has 0 fully saturated rings. The van der Waals surface area contributed by atoms with Gasteiger partial charge in [0.05, 0.1) is 6.67 Å². The molecule has 0 saturated carbocycles. The van der Waals surface area contributed by atoms with Crippen LogP contribution in [-0.2, 0) is 0 Å². The Labute approximate surface area is 69.7 Å². The van der Waals surface area contributed by atoms with Gasteiger partial charge in [-0.15, -0.1) is 11.3 Å². The average molecular weight is 174 g/mol. The second kappa shape index (κ2) is 4.28. The van der Waals surface area contributed by atoms with Crippen molar-refractivity contribution in [1.29, 1.82) is 0 Å². The van der Waals surface area contributed by atoms with Crippen LogP contribution in [0.2, 0.25) is 0 Å². The zero-order valence-corrected chi connectivity index (χ0v) is 7.27. The minimum Gasteiger partial charge on any atom is -0.351 e. The third kappa shape index (κ3) is 2.46. The highest BCUT2D eigenvalue weighted by Crippen LogP contribution is 2.15. The smallest absolute Gasteiger partial charge is 0.184 e. The Bertz CT molecular complexity index is 188. The number of thiazole rings is 1. The number of hydrogen-bond acceptors (Lipinski definition) is 3. The van der Waals surface area contributed by atoms with Gasteiger partial charge in [-0.3, -0.25) is 4.39 Å². The third-order valence-electron chi connectivity index (χ3n) is 1.37. The summed E-state index contributed by atoms with van der Waals surface area (Å²) in [5.41, 5.74) is 0. The molecule has 0 amide bonds. The van der Waals surface area contributed by atoms with Crippen molar-refractivity contribution in [3.8, 4) is 0 Å². The second-order valence-corrected chi connectivity index (χ2v) is 3.15. The molecule has 4 heteroatoms. The second-order valence-electron chi connectivity index (χ2n) is 2.28. The van der Waals surface area contributed by atoms with Crippen LogP contribution < -0.4 is 4.90 Å². The summed E-state index contributed by atoms with van der Waals surface area (Å²) < 4.78 is 11.8. The molecular formula is C7H11FN2S. The van der Waals surface area contributed by atoms with Crippen LogP contribution >= 0.6 is 11.3 Å². The van der Waals surface area contributed by atoms with Gasteiger partial charge in [0.1, 0.15) is 0 Å². The van der Waals surface area contributed by atoms with Gasteiger partial charge in [-0.1, -0.05) is 0 Å². The van der Waals surface area contributed by atoms with E-state index in [1.807, 2.05) is 17.3 Å². The molecule has 62 valence electrons. The van der Waals surface area contributed by atoms with Crippen molar-refractivity contribution in [2.24, 2.45) is 0 Å². The predicted molar refractivity (Wildman–Crippen MR) is 46.0 cm³/mol. The molecule has 0 atom stereocenters. The predicted octanol–water partition coefficient (Wildman–Crippen LogP) is 1.94. The minimum absolute atomic E-state index is 0.254. The van der Waals surface area contributed by atoms with Gasteiger partial charge < -0.3 is 4.90 Å². The fraction of sp³-hybridized carbons (Fsp3) is 0.571. The van der Waals surface area contributed by atoms with Gasteiger partial charge in [0.25, 0.3) is 0 Å². The third-order valence-corrected chi connectivity index (χ3v) is 2.26. The number of halogens is 1. The van der Waals surface area contributed by atoms with E-state index in [4.69, 9.17) is 0 Å². The Morgan fingerprint density at radius 3 is 3.09 bits per heavy atom. The normalized spacial score (nSPS) is 10.0. The van der Waals surface area contributed by atoms with Crippen LogP contribution in [-0.4, -0.2) is 25.3 Å². The molecule has 2 nitrogen and oxygen atoms in total. The highest BCUT2D eigenvalue weighted by Gasteiger charge is 2.00. The van der Waals surface area contributed by atoms with E-state index in [-0.39, 0.29) is 6.67 Å². The monoisotopic (exact) mass is 174 g/mol. The molecule has 0 aromatic carbocycles. The van der Waals surface area contributed by atoms with Crippen molar-refractivity contribution in [2.45, 2.75) is 6.42 Å². The first kappa shape index (κ1) is 8.46. The molecule has 0 spiro atoms. The topological polar surface area (TPSA) is 16.1 Å². The fourth-order valence-corrected chi connectivity index (χ4v) is 1.43. The molecule has 0 aliphatic carbocycles. The SMILES string of the molecule is CN(CCCF)c1nccs1. The van der Waals surface area contributed by atoms with Gasteiger partial charge >= 0.3 is 0 Å². The lowest BCUT2D eigenvalue weighted by molar-refractivity contribution is 0.474. The summed E-state index contributed by atoms with van der Waals surface area (Å²) in [4.78, 5) is 6.05. The van der Waals surface area contributed by atoms with Crippen LogP contribution in [0, 0.1) is 0 Å². The van der Waals surface area contributed by atoms with Gasteiger partial charge in [0.15, 0.2) is 5.13 Å². The van der Waals surface area contributed by atoms with Gasteiger partial charge in [-0.25, -0.2) is 4.98 Å². The van der Waals surface area contributed by atoms with E-state index in [9.17, 15) is 4.39 Å². The molecule has 0 aliphatic heterocycles. The van der Waals surface area contributed by atoms with E-state index in [2.05, 4.69) is 4.98 Å². The van der Waals surface area contributed by atoms with Gasteiger partial charge in [0, 0.05) is 25.2 Å². The number of anilines is 1.